The lowest BCUT2D eigenvalue weighted by Crippen LogP contribution is -2.31. The van der Waals surface area contributed by atoms with Crippen LogP contribution in [0.15, 0.2) is 11.0 Å². The summed E-state index contributed by atoms with van der Waals surface area (Å²) in [6.45, 7) is 2.72. The zero-order valence-electron chi connectivity index (χ0n) is 13.5. The highest BCUT2D eigenvalue weighted by Crippen LogP contribution is 2.35. The lowest BCUT2D eigenvalue weighted by Gasteiger charge is -2.17. The molecule has 0 spiro atoms. The molecule has 1 aliphatic heterocycles. The first kappa shape index (κ1) is 19.9. The van der Waals surface area contributed by atoms with Gasteiger partial charge in [-0.05, 0) is 13.3 Å². The fraction of sp³-hybridized carbons (Fsp3) is 0.571. The third-order valence-corrected chi connectivity index (χ3v) is 5.40. The van der Waals surface area contributed by atoms with E-state index in [1.54, 1.807) is 0 Å². The Morgan fingerprint density at radius 1 is 1.64 bits per heavy atom. The van der Waals surface area contributed by atoms with Crippen LogP contribution < -0.4 is 11.4 Å². The molecule has 1 aromatic rings. The van der Waals surface area contributed by atoms with Gasteiger partial charge >= 0.3 is 11.7 Å². The SMILES string of the molecule is CC(=O)OC(C)C(=O)SCC1CC(Br)C(n2cc(F)c(N)nc2=O)O1. The van der Waals surface area contributed by atoms with E-state index in [1.807, 2.05) is 0 Å². The molecule has 4 unspecified atom stereocenters. The summed E-state index contributed by atoms with van der Waals surface area (Å²) in [4.78, 5) is 37.8. The molecule has 11 heteroatoms. The minimum atomic E-state index is -0.850. The summed E-state index contributed by atoms with van der Waals surface area (Å²) in [5, 5.41) is -0.300. The maximum absolute atomic E-state index is 13.6. The maximum Gasteiger partial charge on any atom is 0.351 e. The van der Waals surface area contributed by atoms with Crippen LogP contribution in [0.1, 0.15) is 26.5 Å². The second-order valence-corrected chi connectivity index (χ2v) is 7.65. The molecule has 1 aliphatic rings. The van der Waals surface area contributed by atoms with Gasteiger partial charge in [-0.1, -0.05) is 27.7 Å². The smallest absolute Gasteiger partial charge is 0.351 e. The predicted octanol–water partition coefficient (Wildman–Crippen LogP) is 1.23. The molecule has 1 aromatic heterocycles. The lowest BCUT2D eigenvalue weighted by atomic mass is 10.2. The van der Waals surface area contributed by atoms with Crippen molar-refractivity contribution in [3.63, 3.8) is 0 Å². The molecular formula is C14H17BrFN3O5S. The van der Waals surface area contributed by atoms with Crippen molar-refractivity contribution in [3.8, 4) is 0 Å². The Morgan fingerprint density at radius 3 is 2.96 bits per heavy atom. The zero-order chi connectivity index (χ0) is 18.7. The van der Waals surface area contributed by atoms with Crippen LogP contribution in [-0.2, 0) is 19.1 Å². The molecular weight excluding hydrogens is 421 g/mol. The molecule has 0 radical (unpaired) electrons. The number of esters is 1. The highest BCUT2D eigenvalue weighted by atomic mass is 79.9. The second kappa shape index (κ2) is 8.28. The van der Waals surface area contributed by atoms with E-state index >= 15 is 0 Å². The topological polar surface area (TPSA) is 114 Å². The Labute approximate surface area is 155 Å². The van der Waals surface area contributed by atoms with Gasteiger partial charge in [-0.15, -0.1) is 0 Å². The zero-order valence-corrected chi connectivity index (χ0v) is 15.9. The fourth-order valence-corrected chi connectivity index (χ4v) is 3.93. The summed E-state index contributed by atoms with van der Waals surface area (Å²) in [5.41, 5.74) is 4.54. The van der Waals surface area contributed by atoms with Crippen LogP contribution in [0.3, 0.4) is 0 Å². The van der Waals surface area contributed by atoms with Crippen molar-refractivity contribution in [3.05, 3.63) is 22.5 Å². The first-order valence-electron chi connectivity index (χ1n) is 7.36. The van der Waals surface area contributed by atoms with Crippen molar-refractivity contribution in [2.24, 2.45) is 0 Å². The number of alkyl halides is 1. The number of anilines is 1. The number of thioether (sulfide) groups is 1. The van der Waals surface area contributed by atoms with Crippen LogP contribution in [0.25, 0.3) is 0 Å². The molecule has 0 aromatic carbocycles. The molecule has 8 nitrogen and oxygen atoms in total. The monoisotopic (exact) mass is 437 g/mol. The number of nitrogens with zero attached hydrogens (tertiary/aromatic N) is 2. The van der Waals surface area contributed by atoms with E-state index in [9.17, 15) is 18.8 Å². The normalized spacial score (nSPS) is 24.1. The molecule has 25 heavy (non-hydrogen) atoms. The number of hydrogen-bond acceptors (Lipinski definition) is 8. The van der Waals surface area contributed by atoms with Gasteiger partial charge in [-0.2, -0.15) is 4.98 Å². The van der Waals surface area contributed by atoms with E-state index in [4.69, 9.17) is 15.2 Å². The van der Waals surface area contributed by atoms with Crippen molar-refractivity contribution in [1.82, 2.24) is 9.55 Å². The predicted molar refractivity (Wildman–Crippen MR) is 92.8 cm³/mol. The molecule has 4 atom stereocenters. The van der Waals surface area contributed by atoms with Crippen LogP contribution in [0.4, 0.5) is 10.2 Å². The van der Waals surface area contributed by atoms with Crippen LogP contribution in [0, 0.1) is 5.82 Å². The number of aromatic nitrogens is 2. The molecule has 2 N–H and O–H groups in total. The minimum absolute atomic E-state index is 0.262. The molecule has 1 fully saturated rings. The third kappa shape index (κ3) is 5.02. The Kier molecular flexibility index (Phi) is 6.58. The average Bonchev–Trinajstić information content (AvgIpc) is 2.88. The standard InChI is InChI=1S/C14H17BrFN3O5S/c1-6(23-7(2)20)13(21)25-5-8-3-9(15)12(24-8)19-4-10(16)11(17)18-14(19)22/h4,6,8-9,12H,3,5H2,1-2H3,(H2,17,18,22). The molecule has 1 saturated heterocycles. The van der Waals surface area contributed by atoms with Gasteiger partial charge in [-0.25, -0.2) is 9.18 Å². The van der Waals surface area contributed by atoms with E-state index < -0.39 is 35.6 Å². The van der Waals surface area contributed by atoms with Gasteiger partial charge in [0.25, 0.3) is 0 Å². The van der Waals surface area contributed by atoms with E-state index in [-0.39, 0.29) is 16.0 Å². The van der Waals surface area contributed by atoms with Crippen molar-refractivity contribution >= 4 is 44.6 Å². The third-order valence-electron chi connectivity index (χ3n) is 3.42. The molecule has 2 heterocycles. The average molecular weight is 438 g/mol. The number of rotatable bonds is 5. The Morgan fingerprint density at radius 2 is 2.32 bits per heavy atom. The van der Waals surface area contributed by atoms with E-state index in [0.29, 0.717) is 12.2 Å². The fourth-order valence-electron chi connectivity index (χ4n) is 2.28. The van der Waals surface area contributed by atoms with Gasteiger partial charge in [0.05, 0.1) is 17.1 Å². The second-order valence-electron chi connectivity index (χ2n) is 5.45. The molecule has 138 valence electrons. The number of carbonyl (C=O) groups is 2. The number of nitrogens with two attached hydrogens (primary N) is 1. The Balaban J connectivity index is 1.98. The van der Waals surface area contributed by atoms with Gasteiger partial charge in [-0.3, -0.25) is 14.2 Å². The number of carbonyl (C=O) groups excluding carboxylic acids is 2. The van der Waals surface area contributed by atoms with Gasteiger partial charge in [0.2, 0.25) is 5.12 Å². The molecule has 2 rings (SSSR count). The molecule has 0 bridgehead atoms. The summed E-state index contributed by atoms with van der Waals surface area (Å²) < 4.78 is 25.1. The summed E-state index contributed by atoms with van der Waals surface area (Å²) >= 11 is 4.37. The van der Waals surface area contributed by atoms with E-state index in [1.165, 1.54) is 13.8 Å². The van der Waals surface area contributed by atoms with Crippen molar-refractivity contribution < 1.29 is 23.5 Å². The number of halogens is 2. The van der Waals surface area contributed by atoms with Crippen LogP contribution in [0.2, 0.25) is 0 Å². The highest BCUT2D eigenvalue weighted by molar-refractivity contribution is 9.09. The summed E-state index contributed by atoms with van der Waals surface area (Å²) in [5.74, 6) is -1.51. The highest BCUT2D eigenvalue weighted by Gasteiger charge is 2.36. The summed E-state index contributed by atoms with van der Waals surface area (Å²) in [6, 6.07) is 0. The van der Waals surface area contributed by atoms with Crippen molar-refractivity contribution in [2.45, 2.75) is 43.5 Å². The summed E-state index contributed by atoms with van der Waals surface area (Å²) in [6.07, 6.45) is -0.502. The van der Waals surface area contributed by atoms with E-state index in [2.05, 4.69) is 20.9 Å². The lowest BCUT2D eigenvalue weighted by molar-refractivity contribution is -0.149. The van der Waals surface area contributed by atoms with Gasteiger partial charge in [0.1, 0.15) is 0 Å². The van der Waals surface area contributed by atoms with Crippen LogP contribution >= 0.6 is 27.7 Å². The van der Waals surface area contributed by atoms with Crippen LogP contribution in [0.5, 0.6) is 0 Å². The largest absolute Gasteiger partial charge is 0.454 e. The first-order valence-corrected chi connectivity index (χ1v) is 9.26. The summed E-state index contributed by atoms with van der Waals surface area (Å²) in [7, 11) is 0. The van der Waals surface area contributed by atoms with Crippen molar-refractivity contribution in [2.75, 3.05) is 11.5 Å². The molecule has 0 amide bonds. The number of ether oxygens (including phenoxy) is 2. The first-order chi connectivity index (χ1) is 11.7. The van der Waals surface area contributed by atoms with Crippen molar-refractivity contribution in [1.29, 1.82) is 0 Å². The van der Waals surface area contributed by atoms with E-state index in [0.717, 1.165) is 22.5 Å². The number of nitrogen functional groups attached to an aromatic ring is 1. The minimum Gasteiger partial charge on any atom is -0.454 e. The van der Waals surface area contributed by atoms with Gasteiger partial charge in [0.15, 0.2) is 24.0 Å². The van der Waals surface area contributed by atoms with Gasteiger partial charge < -0.3 is 15.2 Å². The molecule has 0 aliphatic carbocycles. The maximum atomic E-state index is 13.6. The van der Waals surface area contributed by atoms with Crippen LogP contribution in [-0.4, -0.2) is 43.4 Å². The quantitative estimate of drug-likeness (QED) is 0.540. The number of hydrogen-bond donors (Lipinski definition) is 1. The Bertz CT molecular complexity index is 731. The Hall–Kier alpha value is -1.46. The molecule has 0 saturated carbocycles. The van der Waals surface area contributed by atoms with Gasteiger partial charge in [0, 0.05) is 12.7 Å².